The molecule has 2 aromatic carbocycles. The number of alkyl halides is 2. The van der Waals surface area contributed by atoms with E-state index in [9.17, 15) is 23.7 Å². The molecule has 0 aliphatic carbocycles. The smallest absolute Gasteiger partial charge is 0.387 e. The van der Waals surface area contributed by atoms with Crippen LogP contribution in [0.25, 0.3) is 0 Å². The molecule has 0 aliphatic heterocycles. The van der Waals surface area contributed by atoms with E-state index in [-0.39, 0.29) is 17.0 Å². The number of methoxy groups -OCH3 is 1. The van der Waals surface area contributed by atoms with Crippen molar-refractivity contribution in [2.45, 2.75) is 6.61 Å². The molecule has 1 amide bonds. The van der Waals surface area contributed by atoms with E-state index in [1.54, 1.807) is 0 Å². The minimum Gasteiger partial charge on any atom is -0.435 e. The summed E-state index contributed by atoms with van der Waals surface area (Å²) in [6, 6.07) is 9.17. The Labute approximate surface area is 153 Å². The van der Waals surface area contributed by atoms with Crippen LogP contribution in [0.1, 0.15) is 10.4 Å². The van der Waals surface area contributed by atoms with Gasteiger partial charge in [-0.2, -0.15) is 8.78 Å². The van der Waals surface area contributed by atoms with E-state index < -0.39 is 17.4 Å². The second-order valence-corrected chi connectivity index (χ2v) is 5.26. The first-order chi connectivity index (χ1) is 12.9. The SMILES string of the molecule is COCCNc1ccc([N+](=O)[O-])cc1C(=O)Nc1ccc(OC(F)F)cc1. The first-order valence-corrected chi connectivity index (χ1v) is 7.78. The Morgan fingerprint density at radius 1 is 1.22 bits per heavy atom. The lowest BCUT2D eigenvalue weighted by Crippen LogP contribution is -2.17. The van der Waals surface area contributed by atoms with Crippen LogP contribution in [-0.2, 0) is 4.74 Å². The molecular formula is C17H17F2N3O5. The maximum Gasteiger partial charge on any atom is 0.387 e. The zero-order valence-corrected chi connectivity index (χ0v) is 14.3. The van der Waals surface area contributed by atoms with Crippen LogP contribution in [-0.4, -0.2) is 37.7 Å². The molecule has 2 rings (SSSR count). The lowest BCUT2D eigenvalue weighted by molar-refractivity contribution is -0.384. The summed E-state index contributed by atoms with van der Waals surface area (Å²) in [5.74, 6) is -0.651. The van der Waals surface area contributed by atoms with Crippen LogP contribution in [0.4, 0.5) is 25.8 Å². The van der Waals surface area contributed by atoms with Gasteiger partial charge in [-0.3, -0.25) is 14.9 Å². The minimum absolute atomic E-state index is 0.0553. The molecule has 10 heteroatoms. The fraction of sp³-hybridized carbons (Fsp3) is 0.235. The van der Waals surface area contributed by atoms with E-state index in [1.165, 1.54) is 43.5 Å². The molecule has 0 bridgehead atoms. The number of non-ortho nitro benzene ring substituents is 1. The standard InChI is InChI=1S/C17H17F2N3O5/c1-26-9-8-20-15-7-4-12(22(24)25)10-14(15)16(23)21-11-2-5-13(6-3-11)27-17(18)19/h2-7,10,17,20H,8-9H2,1H3,(H,21,23). The van der Waals surface area contributed by atoms with Gasteiger partial charge < -0.3 is 20.1 Å². The Morgan fingerprint density at radius 2 is 1.93 bits per heavy atom. The van der Waals surface area contributed by atoms with Gasteiger partial charge >= 0.3 is 6.61 Å². The van der Waals surface area contributed by atoms with E-state index in [2.05, 4.69) is 15.4 Å². The van der Waals surface area contributed by atoms with Gasteiger partial charge in [0.2, 0.25) is 0 Å². The average molecular weight is 381 g/mol. The predicted octanol–water partition coefficient (Wildman–Crippen LogP) is 3.51. The summed E-state index contributed by atoms with van der Waals surface area (Å²) in [6.07, 6.45) is 0. The van der Waals surface area contributed by atoms with Crippen molar-refractivity contribution >= 4 is 23.0 Å². The number of nitrogens with one attached hydrogen (secondary N) is 2. The summed E-state index contributed by atoms with van der Waals surface area (Å²) < 4.78 is 33.5. The van der Waals surface area contributed by atoms with Crippen LogP contribution in [0.5, 0.6) is 5.75 Å². The van der Waals surface area contributed by atoms with E-state index in [0.717, 1.165) is 6.07 Å². The minimum atomic E-state index is -2.95. The normalized spacial score (nSPS) is 10.5. The highest BCUT2D eigenvalue weighted by molar-refractivity contribution is 6.08. The maximum absolute atomic E-state index is 12.5. The van der Waals surface area contributed by atoms with Crippen LogP contribution in [0.15, 0.2) is 42.5 Å². The van der Waals surface area contributed by atoms with Gasteiger partial charge in [-0.05, 0) is 30.3 Å². The van der Waals surface area contributed by atoms with Crippen LogP contribution in [0.3, 0.4) is 0 Å². The van der Waals surface area contributed by atoms with Crippen LogP contribution in [0, 0.1) is 10.1 Å². The van der Waals surface area contributed by atoms with Crippen molar-refractivity contribution in [3.05, 3.63) is 58.1 Å². The Balaban J connectivity index is 2.19. The first kappa shape index (κ1) is 20.0. The van der Waals surface area contributed by atoms with E-state index in [0.29, 0.717) is 24.5 Å². The molecule has 8 nitrogen and oxygen atoms in total. The molecule has 0 aromatic heterocycles. The number of anilines is 2. The zero-order valence-electron chi connectivity index (χ0n) is 14.3. The first-order valence-electron chi connectivity index (χ1n) is 7.78. The lowest BCUT2D eigenvalue weighted by Gasteiger charge is -2.12. The van der Waals surface area contributed by atoms with E-state index in [1.807, 2.05) is 0 Å². The lowest BCUT2D eigenvalue weighted by atomic mass is 10.1. The second-order valence-electron chi connectivity index (χ2n) is 5.26. The zero-order chi connectivity index (χ0) is 19.8. The summed E-state index contributed by atoms with van der Waals surface area (Å²) in [7, 11) is 1.52. The maximum atomic E-state index is 12.5. The Hall–Kier alpha value is -3.27. The fourth-order valence-electron chi connectivity index (χ4n) is 2.19. The predicted molar refractivity (Wildman–Crippen MR) is 94.5 cm³/mol. The number of hydrogen-bond donors (Lipinski definition) is 2. The van der Waals surface area contributed by atoms with Gasteiger partial charge in [-0.15, -0.1) is 0 Å². The van der Waals surface area contributed by atoms with Crippen LogP contribution >= 0.6 is 0 Å². The van der Waals surface area contributed by atoms with Crippen molar-refractivity contribution in [1.82, 2.24) is 0 Å². The third kappa shape index (κ3) is 5.89. The highest BCUT2D eigenvalue weighted by Crippen LogP contribution is 2.24. The van der Waals surface area contributed by atoms with Crippen molar-refractivity contribution in [3.63, 3.8) is 0 Å². The van der Waals surface area contributed by atoms with Gasteiger partial charge in [0.25, 0.3) is 11.6 Å². The van der Waals surface area contributed by atoms with Crippen molar-refractivity contribution in [3.8, 4) is 5.75 Å². The third-order valence-corrected chi connectivity index (χ3v) is 3.42. The molecular weight excluding hydrogens is 364 g/mol. The number of carbonyl (C=O) groups is 1. The molecule has 27 heavy (non-hydrogen) atoms. The molecule has 0 spiro atoms. The number of benzene rings is 2. The number of ether oxygens (including phenoxy) is 2. The Kier molecular flexibility index (Phi) is 7.00. The monoisotopic (exact) mass is 381 g/mol. The quantitative estimate of drug-likeness (QED) is 0.391. The number of nitro benzene ring substituents is 1. The second kappa shape index (κ2) is 9.43. The number of hydrogen-bond acceptors (Lipinski definition) is 6. The molecule has 2 N–H and O–H groups in total. The van der Waals surface area contributed by atoms with Gasteiger partial charge in [0.1, 0.15) is 5.75 Å². The van der Waals surface area contributed by atoms with Crippen molar-refractivity contribution < 1.29 is 28.0 Å². The number of rotatable bonds is 9. The molecule has 0 aliphatic rings. The summed E-state index contributed by atoms with van der Waals surface area (Å²) >= 11 is 0. The molecule has 0 saturated carbocycles. The molecule has 0 radical (unpaired) electrons. The van der Waals surface area contributed by atoms with Crippen molar-refractivity contribution in [1.29, 1.82) is 0 Å². The van der Waals surface area contributed by atoms with E-state index >= 15 is 0 Å². The van der Waals surface area contributed by atoms with Gasteiger partial charge in [0, 0.05) is 37.2 Å². The molecule has 0 saturated heterocycles. The number of halogens is 2. The molecule has 0 fully saturated rings. The van der Waals surface area contributed by atoms with Crippen molar-refractivity contribution in [2.24, 2.45) is 0 Å². The highest BCUT2D eigenvalue weighted by atomic mass is 19.3. The van der Waals surface area contributed by atoms with Crippen LogP contribution < -0.4 is 15.4 Å². The summed E-state index contributed by atoms with van der Waals surface area (Å²) in [4.78, 5) is 22.9. The summed E-state index contributed by atoms with van der Waals surface area (Å²) in [5.41, 5.74) is 0.537. The molecule has 0 heterocycles. The number of nitrogens with zero attached hydrogens (tertiary/aromatic N) is 1. The van der Waals surface area contributed by atoms with Gasteiger partial charge in [0.15, 0.2) is 0 Å². The molecule has 144 valence electrons. The van der Waals surface area contributed by atoms with Gasteiger partial charge in [-0.25, -0.2) is 0 Å². The Bertz CT molecular complexity index is 800. The highest BCUT2D eigenvalue weighted by Gasteiger charge is 2.17. The summed E-state index contributed by atoms with van der Waals surface area (Å²) in [6.45, 7) is -2.17. The van der Waals surface area contributed by atoms with Crippen LogP contribution in [0.2, 0.25) is 0 Å². The summed E-state index contributed by atoms with van der Waals surface area (Å²) in [5, 5.41) is 16.5. The van der Waals surface area contributed by atoms with Crippen molar-refractivity contribution in [2.75, 3.05) is 30.9 Å². The largest absolute Gasteiger partial charge is 0.435 e. The Morgan fingerprint density at radius 3 is 2.52 bits per heavy atom. The topological polar surface area (TPSA) is 103 Å². The molecule has 0 unspecified atom stereocenters. The molecule has 0 atom stereocenters. The number of amides is 1. The number of carbonyl (C=O) groups excluding carboxylic acids is 1. The average Bonchev–Trinajstić information content (AvgIpc) is 2.63. The third-order valence-electron chi connectivity index (χ3n) is 3.42. The molecule has 2 aromatic rings. The number of nitro groups is 1. The van der Waals surface area contributed by atoms with Gasteiger partial charge in [0.05, 0.1) is 17.1 Å². The fourth-order valence-corrected chi connectivity index (χ4v) is 2.19. The van der Waals surface area contributed by atoms with Gasteiger partial charge in [-0.1, -0.05) is 0 Å². The van der Waals surface area contributed by atoms with E-state index in [4.69, 9.17) is 4.74 Å².